The molecule has 0 aliphatic heterocycles. The highest BCUT2D eigenvalue weighted by Gasteiger charge is 2.10. The van der Waals surface area contributed by atoms with Gasteiger partial charge in [-0.2, -0.15) is 0 Å². The molecule has 0 radical (unpaired) electrons. The van der Waals surface area contributed by atoms with E-state index in [0.717, 1.165) is 0 Å². The van der Waals surface area contributed by atoms with E-state index in [0.29, 0.717) is 15.8 Å². The number of halogens is 3. The average Bonchev–Trinajstić information content (AvgIpc) is 2.80. The average molecular weight is 339 g/mol. The third kappa shape index (κ3) is 3.87. The van der Waals surface area contributed by atoms with Crippen molar-refractivity contribution in [1.82, 2.24) is 10.4 Å². The number of thiazole rings is 1. The van der Waals surface area contributed by atoms with Crippen molar-refractivity contribution in [2.45, 2.75) is 0 Å². The van der Waals surface area contributed by atoms with E-state index in [1.54, 1.807) is 5.51 Å². The number of benzene rings is 1. The highest BCUT2D eigenvalue weighted by atomic mass is 35.5. The largest absolute Gasteiger partial charge is 0.432 e. The molecule has 1 heterocycles. The zero-order chi connectivity index (χ0) is 13.8. The molecule has 0 spiro atoms. The number of carbonyl (C=O) groups excluding carboxylic acids is 1. The fraction of sp³-hybridized carbons (Fsp3) is 0. The molecule has 5 nitrogen and oxygen atoms in total. The number of hydrogen-bond donors (Lipinski definition) is 2. The lowest BCUT2D eigenvalue weighted by molar-refractivity contribution is 0.204. The number of anilines is 1. The summed E-state index contributed by atoms with van der Waals surface area (Å²) in [4.78, 5) is 15.2. The van der Waals surface area contributed by atoms with E-state index in [1.807, 2.05) is 0 Å². The van der Waals surface area contributed by atoms with E-state index in [4.69, 9.17) is 39.5 Å². The Labute approximate surface area is 127 Å². The Morgan fingerprint density at radius 1 is 1.26 bits per heavy atom. The van der Waals surface area contributed by atoms with Crippen molar-refractivity contribution in [3.8, 4) is 5.06 Å². The molecule has 1 aromatic carbocycles. The summed E-state index contributed by atoms with van der Waals surface area (Å²) in [7, 11) is 0. The van der Waals surface area contributed by atoms with Gasteiger partial charge in [-0.3, -0.25) is 5.43 Å². The number of ether oxygens (including phenoxy) is 1. The molecule has 2 aromatic rings. The number of nitrogens with zero attached hydrogens (tertiary/aromatic N) is 1. The van der Waals surface area contributed by atoms with Gasteiger partial charge in [0.05, 0.1) is 27.4 Å². The lowest BCUT2D eigenvalue weighted by Gasteiger charge is -2.11. The zero-order valence-electron chi connectivity index (χ0n) is 9.12. The summed E-state index contributed by atoms with van der Waals surface area (Å²) in [5.74, 6) is 0. The van der Waals surface area contributed by atoms with Gasteiger partial charge in [0.25, 0.3) is 0 Å². The molecule has 1 amide bonds. The second-order valence-corrected chi connectivity index (χ2v) is 5.30. The maximum absolute atomic E-state index is 11.4. The van der Waals surface area contributed by atoms with Gasteiger partial charge in [-0.05, 0) is 12.1 Å². The van der Waals surface area contributed by atoms with Crippen molar-refractivity contribution in [3.05, 3.63) is 38.9 Å². The molecule has 1 aromatic heterocycles. The van der Waals surface area contributed by atoms with Crippen molar-refractivity contribution in [2.75, 3.05) is 5.43 Å². The van der Waals surface area contributed by atoms with Gasteiger partial charge < -0.3 is 4.74 Å². The van der Waals surface area contributed by atoms with Crippen LogP contribution in [0.25, 0.3) is 0 Å². The van der Waals surface area contributed by atoms with Gasteiger partial charge in [0.15, 0.2) is 0 Å². The van der Waals surface area contributed by atoms with Gasteiger partial charge in [0.2, 0.25) is 5.06 Å². The van der Waals surface area contributed by atoms with E-state index in [2.05, 4.69) is 15.8 Å². The normalized spacial score (nSPS) is 10.1. The topological polar surface area (TPSA) is 63.2 Å². The van der Waals surface area contributed by atoms with Gasteiger partial charge >= 0.3 is 6.09 Å². The number of hydrogen-bond acceptors (Lipinski definition) is 5. The number of rotatable bonds is 3. The fourth-order valence-corrected chi connectivity index (χ4v) is 2.53. The summed E-state index contributed by atoms with van der Waals surface area (Å²) in [5, 5.41) is 1.31. The van der Waals surface area contributed by atoms with Crippen LogP contribution in [0.3, 0.4) is 0 Å². The van der Waals surface area contributed by atoms with Gasteiger partial charge in [-0.15, -0.1) is 0 Å². The Morgan fingerprint density at radius 2 is 1.95 bits per heavy atom. The van der Waals surface area contributed by atoms with E-state index < -0.39 is 6.09 Å². The van der Waals surface area contributed by atoms with Crippen LogP contribution in [0.2, 0.25) is 15.1 Å². The highest BCUT2D eigenvalue weighted by molar-refractivity contribution is 7.11. The van der Waals surface area contributed by atoms with Crippen molar-refractivity contribution in [3.63, 3.8) is 0 Å². The lowest BCUT2D eigenvalue weighted by atomic mass is 10.3. The fourth-order valence-electron chi connectivity index (χ4n) is 1.15. The van der Waals surface area contributed by atoms with Crippen LogP contribution in [-0.4, -0.2) is 11.1 Å². The quantitative estimate of drug-likeness (QED) is 0.823. The Hall–Kier alpha value is -1.21. The first-order chi connectivity index (χ1) is 9.06. The zero-order valence-corrected chi connectivity index (χ0v) is 12.2. The first-order valence-electron chi connectivity index (χ1n) is 4.83. The molecular weight excluding hydrogens is 333 g/mol. The summed E-state index contributed by atoms with van der Waals surface area (Å²) in [6, 6.07) is 2.99. The predicted molar refractivity (Wildman–Crippen MR) is 76.4 cm³/mol. The van der Waals surface area contributed by atoms with Gasteiger partial charge in [-0.1, -0.05) is 46.1 Å². The van der Waals surface area contributed by atoms with Crippen LogP contribution in [0.15, 0.2) is 23.8 Å². The van der Waals surface area contributed by atoms with Crippen molar-refractivity contribution >= 4 is 57.9 Å². The maximum atomic E-state index is 11.4. The summed E-state index contributed by atoms with van der Waals surface area (Å²) < 4.78 is 4.91. The van der Waals surface area contributed by atoms with E-state index in [9.17, 15) is 4.79 Å². The van der Waals surface area contributed by atoms with Crippen molar-refractivity contribution in [2.24, 2.45) is 0 Å². The minimum atomic E-state index is -0.716. The second kappa shape index (κ2) is 6.29. The summed E-state index contributed by atoms with van der Waals surface area (Å²) in [6.45, 7) is 0. The molecule has 19 heavy (non-hydrogen) atoms. The molecule has 0 fully saturated rings. The maximum Gasteiger partial charge on any atom is 0.432 e. The number of carbonyl (C=O) groups is 1. The monoisotopic (exact) mass is 337 g/mol. The van der Waals surface area contributed by atoms with Crippen LogP contribution in [-0.2, 0) is 0 Å². The van der Waals surface area contributed by atoms with Crippen molar-refractivity contribution in [1.29, 1.82) is 0 Å². The third-order valence-corrected chi connectivity index (χ3v) is 3.36. The summed E-state index contributed by atoms with van der Waals surface area (Å²) in [5.41, 5.74) is 6.72. The molecule has 0 unspecified atom stereocenters. The van der Waals surface area contributed by atoms with E-state index >= 15 is 0 Å². The highest BCUT2D eigenvalue weighted by Crippen LogP contribution is 2.33. The van der Waals surface area contributed by atoms with Crippen LogP contribution in [0, 0.1) is 0 Å². The van der Waals surface area contributed by atoms with Crippen LogP contribution < -0.4 is 15.6 Å². The molecule has 0 atom stereocenters. The first-order valence-corrected chi connectivity index (χ1v) is 6.84. The predicted octanol–water partition coefficient (Wildman–Crippen LogP) is 4.22. The molecule has 9 heteroatoms. The van der Waals surface area contributed by atoms with Crippen LogP contribution in [0.5, 0.6) is 5.06 Å². The Kier molecular flexibility index (Phi) is 4.71. The molecule has 0 saturated carbocycles. The van der Waals surface area contributed by atoms with Crippen LogP contribution >= 0.6 is 46.1 Å². The van der Waals surface area contributed by atoms with Crippen molar-refractivity contribution < 1.29 is 9.53 Å². The lowest BCUT2D eigenvalue weighted by Crippen LogP contribution is -2.32. The first kappa shape index (κ1) is 14.2. The molecule has 0 aliphatic rings. The molecule has 0 bridgehead atoms. The smallest absolute Gasteiger partial charge is 0.396 e. The molecule has 0 aliphatic carbocycles. The molecule has 0 saturated heterocycles. The van der Waals surface area contributed by atoms with Gasteiger partial charge in [0.1, 0.15) is 0 Å². The number of aromatic nitrogens is 1. The Morgan fingerprint density at radius 3 is 2.53 bits per heavy atom. The van der Waals surface area contributed by atoms with Gasteiger partial charge in [-0.25, -0.2) is 15.2 Å². The van der Waals surface area contributed by atoms with Crippen LogP contribution in [0.1, 0.15) is 0 Å². The summed E-state index contributed by atoms with van der Waals surface area (Å²) in [6.07, 6.45) is 0.707. The standard InChI is InChI=1S/C10H6Cl3N3O2S/c11-5-1-6(12)9(7(13)2-5)15-16-10(17)18-8-3-14-4-19-8/h1-4,15H,(H,16,17). The van der Waals surface area contributed by atoms with E-state index in [-0.39, 0.29) is 10.0 Å². The molecule has 100 valence electrons. The number of nitrogens with one attached hydrogen (secondary N) is 2. The molecule has 2 rings (SSSR count). The van der Waals surface area contributed by atoms with E-state index in [1.165, 1.54) is 29.7 Å². The number of amides is 1. The Bertz CT molecular complexity index is 569. The van der Waals surface area contributed by atoms with Gasteiger partial charge in [0, 0.05) is 5.02 Å². The third-order valence-electron chi connectivity index (χ3n) is 1.90. The summed E-state index contributed by atoms with van der Waals surface area (Å²) >= 11 is 18.8. The minimum Gasteiger partial charge on any atom is -0.396 e. The minimum absolute atomic E-state index is 0.274. The molecule has 2 N–H and O–H groups in total. The van der Waals surface area contributed by atoms with Crippen LogP contribution in [0.4, 0.5) is 10.5 Å². The SMILES string of the molecule is O=C(NNc1c(Cl)cc(Cl)cc1Cl)Oc1cncs1. The second-order valence-electron chi connectivity index (χ2n) is 3.20. The number of hydrazine groups is 1. The molecular formula is C10H6Cl3N3O2S. The Balaban J connectivity index is 1.97.